The van der Waals surface area contributed by atoms with Crippen LogP contribution in [0.3, 0.4) is 0 Å². The van der Waals surface area contributed by atoms with E-state index < -0.39 is 17.4 Å². The molecule has 1 aromatic rings. The molecule has 0 radical (unpaired) electrons. The Morgan fingerprint density at radius 2 is 2.14 bits per heavy atom. The monoisotopic (exact) mass is 313 g/mol. The lowest BCUT2D eigenvalue weighted by atomic mass is 9.75. The largest absolute Gasteiger partial charge is 0.383 e. The summed E-state index contributed by atoms with van der Waals surface area (Å²) in [6, 6.07) is 1.32. The smallest absolute Gasteiger partial charge is 0.352 e. The number of aryl methyl sites for hydroxylation is 1. The van der Waals surface area contributed by atoms with Crippen LogP contribution in [0.5, 0.6) is 0 Å². The van der Waals surface area contributed by atoms with Crippen molar-refractivity contribution in [3.05, 3.63) is 27.7 Å². The summed E-state index contributed by atoms with van der Waals surface area (Å²) >= 11 is 0. The maximum absolute atomic E-state index is 14.2. The number of halogens is 2. The molecule has 3 rings (SSSR count). The van der Waals surface area contributed by atoms with Crippen molar-refractivity contribution < 1.29 is 18.7 Å². The maximum Gasteiger partial charge on any atom is 0.352 e. The van der Waals surface area contributed by atoms with Gasteiger partial charge in [0.25, 0.3) is 11.5 Å². The predicted molar refractivity (Wildman–Crippen MR) is 72.3 cm³/mol. The Balaban J connectivity index is 1.84. The van der Waals surface area contributed by atoms with Crippen molar-refractivity contribution in [3.63, 3.8) is 0 Å². The zero-order valence-electron chi connectivity index (χ0n) is 12.2. The van der Waals surface area contributed by atoms with Crippen molar-refractivity contribution in [3.8, 4) is 0 Å². The maximum atomic E-state index is 14.2. The minimum absolute atomic E-state index is 0.0712. The van der Waals surface area contributed by atoms with E-state index in [1.807, 2.05) is 0 Å². The summed E-state index contributed by atoms with van der Waals surface area (Å²) in [5.41, 5.74) is -1.46. The Hall–Kier alpha value is -1.83. The SMILES string of the molecule is Cn1nc2c(cc1=O)CN(C(=O)C(F)(F)C1(O)CCC1)CC2. The van der Waals surface area contributed by atoms with Gasteiger partial charge in [0.1, 0.15) is 5.60 Å². The van der Waals surface area contributed by atoms with Crippen LogP contribution in [0.4, 0.5) is 8.78 Å². The van der Waals surface area contributed by atoms with Gasteiger partial charge in [-0.3, -0.25) is 9.59 Å². The molecule has 0 bridgehead atoms. The molecule has 0 unspecified atom stereocenters. The van der Waals surface area contributed by atoms with Crippen LogP contribution in [0.2, 0.25) is 0 Å². The fraction of sp³-hybridized carbons (Fsp3) is 0.643. The average molecular weight is 313 g/mol. The third-order valence-electron chi connectivity index (χ3n) is 4.56. The number of aliphatic hydroxyl groups is 1. The highest BCUT2D eigenvalue weighted by molar-refractivity contribution is 5.85. The molecule has 1 saturated carbocycles. The molecule has 0 saturated heterocycles. The van der Waals surface area contributed by atoms with Crippen LogP contribution in [0, 0.1) is 0 Å². The van der Waals surface area contributed by atoms with Gasteiger partial charge >= 0.3 is 5.92 Å². The van der Waals surface area contributed by atoms with Crippen LogP contribution in [-0.4, -0.2) is 43.8 Å². The number of carbonyl (C=O) groups excluding carboxylic acids is 1. The molecule has 1 aliphatic carbocycles. The molecule has 6 nitrogen and oxygen atoms in total. The van der Waals surface area contributed by atoms with Gasteiger partial charge in [-0.2, -0.15) is 13.9 Å². The van der Waals surface area contributed by atoms with Gasteiger partial charge in [-0.15, -0.1) is 0 Å². The fourth-order valence-corrected chi connectivity index (χ4v) is 2.89. The molecule has 22 heavy (non-hydrogen) atoms. The molecule has 2 aliphatic rings. The van der Waals surface area contributed by atoms with Crippen molar-refractivity contribution in [1.82, 2.24) is 14.7 Å². The highest BCUT2D eigenvalue weighted by Gasteiger charge is 2.62. The quantitative estimate of drug-likeness (QED) is 0.847. The number of amides is 1. The van der Waals surface area contributed by atoms with Gasteiger partial charge in [0.2, 0.25) is 0 Å². The van der Waals surface area contributed by atoms with Gasteiger partial charge in [0.05, 0.1) is 5.69 Å². The summed E-state index contributed by atoms with van der Waals surface area (Å²) in [6.45, 7) is 0.0195. The average Bonchev–Trinajstić information content (AvgIpc) is 2.44. The molecular weight excluding hydrogens is 296 g/mol. The van der Waals surface area contributed by atoms with Gasteiger partial charge in [0.15, 0.2) is 0 Å². The highest BCUT2D eigenvalue weighted by atomic mass is 19.3. The molecule has 0 aromatic carbocycles. The van der Waals surface area contributed by atoms with E-state index in [0.29, 0.717) is 24.1 Å². The van der Waals surface area contributed by atoms with Gasteiger partial charge in [-0.25, -0.2) is 4.68 Å². The predicted octanol–water partition coefficient (Wildman–Crippen LogP) is 0.215. The summed E-state index contributed by atoms with van der Waals surface area (Å²) in [4.78, 5) is 24.7. The Morgan fingerprint density at radius 3 is 2.73 bits per heavy atom. The van der Waals surface area contributed by atoms with E-state index in [9.17, 15) is 23.5 Å². The molecular formula is C14H17F2N3O3. The van der Waals surface area contributed by atoms with Gasteiger partial charge < -0.3 is 10.0 Å². The van der Waals surface area contributed by atoms with Crippen molar-refractivity contribution in [1.29, 1.82) is 0 Å². The van der Waals surface area contributed by atoms with Crippen LogP contribution in [0.15, 0.2) is 10.9 Å². The lowest BCUT2D eigenvalue weighted by Crippen LogP contribution is -2.61. The van der Waals surface area contributed by atoms with Crippen LogP contribution in [-0.2, 0) is 24.8 Å². The Morgan fingerprint density at radius 1 is 1.45 bits per heavy atom. The molecule has 1 N–H and O–H groups in total. The van der Waals surface area contributed by atoms with Crippen LogP contribution >= 0.6 is 0 Å². The number of hydrogen-bond donors (Lipinski definition) is 1. The molecule has 0 spiro atoms. The first-order chi connectivity index (χ1) is 10.2. The molecule has 1 aliphatic heterocycles. The highest BCUT2D eigenvalue weighted by Crippen LogP contribution is 2.45. The molecule has 120 valence electrons. The minimum Gasteiger partial charge on any atom is -0.383 e. The van der Waals surface area contributed by atoms with E-state index in [1.165, 1.54) is 17.8 Å². The van der Waals surface area contributed by atoms with Crippen molar-refractivity contribution in [2.75, 3.05) is 6.54 Å². The zero-order valence-corrected chi connectivity index (χ0v) is 12.2. The van der Waals surface area contributed by atoms with E-state index in [-0.39, 0.29) is 31.5 Å². The lowest BCUT2D eigenvalue weighted by molar-refractivity contribution is -0.224. The Kier molecular flexibility index (Phi) is 3.32. The second kappa shape index (κ2) is 4.84. The summed E-state index contributed by atoms with van der Waals surface area (Å²) in [5.74, 6) is -5.17. The summed E-state index contributed by atoms with van der Waals surface area (Å²) in [5, 5.41) is 13.9. The van der Waals surface area contributed by atoms with Crippen molar-refractivity contribution in [2.24, 2.45) is 7.05 Å². The van der Waals surface area contributed by atoms with Crippen LogP contribution in [0.25, 0.3) is 0 Å². The standard InChI is InChI=1S/C14H17F2N3O3/c1-18-11(20)7-9-8-19(6-3-10(9)17-18)12(21)14(15,16)13(22)4-2-5-13/h7,22H,2-6,8H2,1H3. The second-order valence-electron chi connectivity index (χ2n) is 6.01. The number of aromatic nitrogens is 2. The van der Waals surface area contributed by atoms with E-state index >= 15 is 0 Å². The third kappa shape index (κ3) is 2.13. The third-order valence-corrected chi connectivity index (χ3v) is 4.56. The Bertz CT molecular complexity index is 682. The molecule has 1 fully saturated rings. The normalized spacial score (nSPS) is 20.3. The molecule has 8 heteroatoms. The summed E-state index contributed by atoms with van der Waals surface area (Å²) < 4.78 is 29.6. The van der Waals surface area contributed by atoms with Gasteiger partial charge in [-0.05, 0) is 19.3 Å². The number of hydrogen-bond acceptors (Lipinski definition) is 4. The van der Waals surface area contributed by atoms with E-state index in [1.54, 1.807) is 0 Å². The van der Waals surface area contributed by atoms with Crippen LogP contribution in [0.1, 0.15) is 30.5 Å². The number of fused-ring (bicyclic) bond motifs is 1. The van der Waals surface area contributed by atoms with Gasteiger partial charge in [0, 0.05) is 38.2 Å². The second-order valence-corrected chi connectivity index (χ2v) is 6.01. The minimum atomic E-state index is -3.80. The van der Waals surface area contributed by atoms with Crippen molar-refractivity contribution in [2.45, 2.75) is 43.8 Å². The molecule has 1 aromatic heterocycles. The first-order valence-corrected chi connectivity index (χ1v) is 7.20. The fourth-order valence-electron chi connectivity index (χ4n) is 2.89. The number of alkyl halides is 2. The lowest BCUT2D eigenvalue weighted by Gasteiger charge is -2.43. The number of nitrogens with zero attached hydrogens (tertiary/aromatic N) is 3. The number of carbonyl (C=O) groups is 1. The summed E-state index contributed by atoms with van der Waals surface area (Å²) in [7, 11) is 1.51. The molecule has 2 heterocycles. The Labute approximate surface area is 125 Å². The van der Waals surface area contributed by atoms with Gasteiger partial charge in [-0.1, -0.05) is 0 Å². The number of rotatable bonds is 2. The molecule has 1 amide bonds. The van der Waals surface area contributed by atoms with E-state index in [0.717, 1.165) is 4.90 Å². The van der Waals surface area contributed by atoms with E-state index in [4.69, 9.17) is 0 Å². The molecule has 0 atom stereocenters. The zero-order chi connectivity index (χ0) is 16.1. The van der Waals surface area contributed by atoms with Crippen molar-refractivity contribution >= 4 is 5.91 Å². The first-order valence-electron chi connectivity index (χ1n) is 7.20. The summed E-state index contributed by atoms with van der Waals surface area (Å²) in [6.07, 6.45) is 0.655. The first kappa shape index (κ1) is 15.1. The topological polar surface area (TPSA) is 75.4 Å². The van der Waals surface area contributed by atoms with E-state index in [2.05, 4.69) is 5.10 Å². The van der Waals surface area contributed by atoms with Crippen LogP contribution < -0.4 is 5.56 Å².